The van der Waals surface area contributed by atoms with Crippen LogP contribution in [-0.2, 0) is 24.1 Å². The van der Waals surface area contributed by atoms with Gasteiger partial charge in [0.25, 0.3) is 0 Å². The van der Waals surface area contributed by atoms with Crippen molar-refractivity contribution < 1.29 is 8.76 Å². The van der Waals surface area contributed by atoms with E-state index in [1.165, 1.54) is 23.2 Å². The van der Waals surface area contributed by atoms with Crippen LogP contribution in [-0.4, -0.2) is 21.9 Å². The molecule has 2 aliphatic rings. The van der Waals surface area contributed by atoms with Crippen LogP contribution >= 0.6 is 0 Å². The molecule has 2 aliphatic heterocycles. The first-order valence-corrected chi connectivity index (χ1v) is 7.00. The van der Waals surface area contributed by atoms with Crippen LogP contribution in [0.3, 0.4) is 0 Å². The van der Waals surface area contributed by atoms with Gasteiger partial charge >= 0.3 is 0 Å². The number of nitrogens with zero attached hydrogens (tertiary/aromatic N) is 1. The summed E-state index contributed by atoms with van der Waals surface area (Å²) in [7, 11) is 0. The van der Waals surface area contributed by atoms with E-state index in [1.54, 1.807) is 0 Å². The molecule has 0 fully saturated rings. The van der Waals surface area contributed by atoms with E-state index in [4.69, 9.17) is 0 Å². The van der Waals surface area contributed by atoms with E-state index in [0.717, 1.165) is 37.2 Å². The highest BCUT2D eigenvalue weighted by molar-refractivity contribution is 7.80. The van der Waals surface area contributed by atoms with Gasteiger partial charge < -0.3 is 14.2 Å². The summed E-state index contributed by atoms with van der Waals surface area (Å²) in [5, 5.41) is 0. The Kier molecular flexibility index (Phi) is 2.60. The lowest BCUT2D eigenvalue weighted by atomic mass is 9.96. The molecular weight excluding hydrogens is 236 g/mol. The van der Waals surface area contributed by atoms with Crippen molar-refractivity contribution in [3.8, 4) is 0 Å². The highest BCUT2D eigenvalue weighted by Gasteiger charge is 2.28. The summed E-state index contributed by atoms with van der Waals surface area (Å²) in [6, 6.07) is 2.13. The normalized spacial score (nSPS) is 19.1. The van der Waals surface area contributed by atoms with Crippen LogP contribution in [0.1, 0.15) is 23.1 Å². The van der Waals surface area contributed by atoms with Crippen LogP contribution in [0.4, 0.5) is 11.4 Å². The predicted molar refractivity (Wildman–Crippen MR) is 68.0 cm³/mol. The number of rotatable bonds is 2. The van der Waals surface area contributed by atoms with Gasteiger partial charge in [0.1, 0.15) is 0 Å². The number of hydrogen-bond donors (Lipinski definition) is 1. The topological polar surface area (TPSA) is 55.4 Å². The van der Waals surface area contributed by atoms with E-state index in [0.29, 0.717) is 0 Å². The summed E-state index contributed by atoms with van der Waals surface area (Å²) >= 11 is -2.24. The van der Waals surface area contributed by atoms with Gasteiger partial charge in [0.2, 0.25) is 0 Å². The molecule has 0 bridgehead atoms. The van der Waals surface area contributed by atoms with Gasteiger partial charge in [0.15, 0.2) is 0 Å². The first kappa shape index (κ1) is 11.0. The van der Waals surface area contributed by atoms with E-state index in [2.05, 4.69) is 15.7 Å². The zero-order chi connectivity index (χ0) is 12.0. The van der Waals surface area contributed by atoms with Gasteiger partial charge in [-0.2, -0.15) is 0 Å². The highest BCUT2D eigenvalue weighted by Crippen LogP contribution is 2.41. The van der Waals surface area contributed by atoms with E-state index >= 15 is 0 Å². The van der Waals surface area contributed by atoms with Gasteiger partial charge in [-0.15, -0.1) is 0 Å². The van der Waals surface area contributed by atoms with E-state index < -0.39 is 11.3 Å². The summed E-state index contributed by atoms with van der Waals surface area (Å²) in [6.45, 7) is 4.10. The van der Waals surface area contributed by atoms with Crippen molar-refractivity contribution in [3.05, 3.63) is 22.8 Å². The van der Waals surface area contributed by atoms with Gasteiger partial charge in [-0.05, 0) is 37.3 Å². The maximum atomic E-state index is 10.8. The summed E-state index contributed by atoms with van der Waals surface area (Å²) in [5.41, 5.74) is 5.68. The molecule has 17 heavy (non-hydrogen) atoms. The summed E-state index contributed by atoms with van der Waals surface area (Å²) in [6.07, 6.45) is 3.26. The summed E-state index contributed by atoms with van der Waals surface area (Å²) in [5.74, 6) is 0. The largest absolute Gasteiger partial charge is 0.755 e. The molecule has 1 N–H and O–H groups in total. The molecule has 1 atom stereocenters. The minimum atomic E-state index is -2.24. The average Bonchev–Trinajstić information content (AvgIpc) is 2.69. The van der Waals surface area contributed by atoms with Crippen LogP contribution < -0.4 is 9.62 Å². The predicted octanol–water partition coefficient (Wildman–Crippen LogP) is 1.51. The fourth-order valence-electron chi connectivity index (χ4n) is 3.05. The maximum absolute atomic E-state index is 10.8. The summed E-state index contributed by atoms with van der Waals surface area (Å²) in [4.78, 5) is 2.38. The molecule has 3 rings (SSSR count). The molecular formula is C12H15N2O2S-. The Morgan fingerprint density at radius 2 is 2.24 bits per heavy atom. The molecule has 1 aromatic rings. The molecule has 1 unspecified atom stereocenters. The third kappa shape index (κ3) is 1.73. The molecule has 0 aliphatic carbocycles. The molecule has 4 nitrogen and oxygen atoms in total. The Morgan fingerprint density at radius 3 is 3.00 bits per heavy atom. The first-order chi connectivity index (χ1) is 8.16. The van der Waals surface area contributed by atoms with Crippen LogP contribution in [0.15, 0.2) is 6.07 Å². The van der Waals surface area contributed by atoms with Crippen molar-refractivity contribution in [2.75, 3.05) is 22.7 Å². The minimum absolute atomic E-state index is 0.793. The standard InChI is InChI=1S/C12H16N2O2S/c1-8-7-9-3-2-5-14-6-4-10(12(9)14)11(8)13-17(15)16/h7,13H,2-6H2,1H3,(H,15,16)/p-1. The van der Waals surface area contributed by atoms with Crippen molar-refractivity contribution in [3.63, 3.8) is 0 Å². The molecule has 0 radical (unpaired) electrons. The van der Waals surface area contributed by atoms with Crippen molar-refractivity contribution >= 4 is 22.6 Å². The lowest BCUT2D eigenvalue weighted by Crippen LogP contribution is -2.26. The molecule has 1 aromatic carbocycles. The monoisotopic (exact) mass is 251 g/mol. The molecule has 92 valence electrons. The fourth-order valence-corrected chi connectivity index (χ4v) is 3.50. The second-order valence-corrected chi connectivity index (χ2v) is 5.41. The first-order valence-electron chi connectivity index (χ1n) is 5.93. The maximum Gasteiger partial charge on any atom is 0.0535 e. The molecule has 0 spiro atoms. The van der Waals surface area contributed by atoms with Crippen LogP contribution in [0.5, 0.6) is 0 Å². The fraction of sp³-hybridized carbons (Fsp3) is 0.500. The Labute approximate surface area is 103 Å². The quantitative estimate of drug-likeness (QED) is 0.811. The number of benzene rings is 1. The number of anilines is 2. The van der Waals surface area contributed by atoms with E-state index in [-0.39, 0.29) is 0 Å². The molecule has 0 saturated heterocycles. The molecule has 0 aromatic heterocycles. The zero-order valence-electron chi connectivity index (χ0n) is 9.78. The smallest absolute Gasteiger partial charge is 0.0535 e. The lowest BCUT2D eigenvalue weighted by Gasteiger charge is -2.28. The molecule has 0 amide bonds. The Hall–Kier alpha value is -1.07. The minimum Gasteiger partial charge on any atom is -0.755 e. The van der Waals surface area contributed by atoms with Gasteiger partial charge in [-0.3, -0.25) is 4.21 Å². The number of hydrogen-bond acceptors (Lipinski definition) is 3. The Balaban J connectivity index is 2.15. The van der Waals surface area contributed by atoms with Gasteiger partial charge in [-0.25, -0.2) is 0 Å². The van der Waals surface area contributed by atoms with Crippen LogP contribution in [0.25, 0.3) is 0 Å². The third-order valence-corrected chi connectivity index (χ3v) is 4.06. The van der Waals surface area contributed by atoms with E-state index in [9.17, 15) is 8.76 Å². The van der Waals surface area contributed by atoms with Crippen molar-refractivity contribution in [1.29, 1.82) is 0 Å². The molecule has 5 heteroatoms. The third-order valence-electron chi connectivity index (χ3n) is 3.68. The Bertz CT molecular complexity index is 502. The van der Waals surface area contributed by atoms with Gasteiger partial charge in [0, 0.05) is 35.6 Å². The van der Waals surface area contributed by atoms with Crippen molar-refractivity contribution in [1.82, 2.24) is 0 Å². The Morgan fingerprint density at radius 1 is 1.41 bits per heavy atom. The zero-order valence-corrected chi connectivity index (χ0v) is 10.6. The second-order valence-electron chi connectivity index (χ2n) is 4.73. The SMILES string of the molecule is Cc1cc2c3c(c1NS(=O)[O-])CCN3CCC2. The average molecular weight is 251 g/mol. The summed E-state index contributed by atoms with van der Waals surface area (Å²) < 4.78 is 24.3. The van der Waals surface area contributed by atoms with Crippen molar-refractivity contribution in [2.24, 2.45) is 0 Å². The van der Waals surface area contributed by atoms with Gasteiger partial charge in [0.05, 0.1) is 5.69 Å². The van der Waals surface area contributed by atoms with E-state index in [1.807, 2.05) is 6.92 Å². The number of nitrogens with one attached hydrogen (secondary N) is 1. The number of aryl methyl sites for hydroxylation is 2. The van der Waals surface area contributed by atoms with Crippen LogP contribution in [0.2, 0.25) is 0 Å². The lowest BCUT2D eigenvalue weighted by molar-refractivity contribution is 0.542. The highest BCUT2D eigenvalue weighted by atomic mass is 32.2. The van der Waals surface area contributed by atoms with Crippen LogP contribution in [0, 0.1) is 6.92 Å². The molecule has 2 heterocycles. The second kappa shape index (κ2) is 3.99. The van der Waals surface area contributed by atoms with Gasteiger partial charge in [-0.1, -0.05) is 6.07 Å². The molecule has 0 saturated carbocycles. The van der Waals surface area contributed by atoms with Crippen molar-refractivity contribution in [2.45, 2.75) is 26.2 Å².